The fraction of sp³-hybridized carbons (Fsp3) is 0.277. The summed E-state index contributed by atoms with van der Waals surface area (Å²) >= 11 is 0. The molecule has 400 valence electrons. The van der Waals surface area contributed by atoms with Crippen molar-refractivity contribution in [3.05, 3.63) is 177 Å². The lowest BCUT2D eigenvalue weighted by molar-refractivity contribution is -0.689. The van der Waals surface area contributed by atoms with Gasteiger partial charge in [-0.15, -0.1) is 0 Å². The number of rotatable bonds is 9. The molecule has 0 aliphatic carbocycles. The van der Waals surface area contributed by atoms with Crippen LogP contribution in [0.1, 0.15) is 75.5 Å². The van der Waals surface area contributed by atoms with E-state index in [1.165, 1.54) is 24.1 Å². The molecule has 0 amide bonds. The summed E-state index contributed by atoms with van der Waals surface area (Å²) in [4.78, 5) is 4.40. The van der Waals surface area contributed by atoms with Gasteiger partial charge in [0.25, 0.3) is 0 Å². The number of unbranched alkanes of at least 4 members (excludes halogenated alkanes) is 1. The number of halogens is 24. The molecule has 0 N–H and O–H groups in total. The third-order valence-corrected chi connectivity index (χ3v) is 11.2. The van der Waals surface area contributed by atoms with Gasteiger partial charge < -0.3 is 0 Å². The number of hydrogen-bond donors (Lipinski definition) is 0. The van der Waals surface area contributed by atoms with Gasteiger partial charge in [-0.3, -0.25) is 0 Å². The fourth-order valence-electron chi connectivity index (χ4n) is 7.93. The molecule has 0 saturated carbocycles. The number of hydrogen-bond acceptors (Lipinski definition) is 1. The largest absolute Gasteiger partial charge is 0.416 e. The van der Waals surface area contributed by atoms with Gasteiger partial charge in [0, 0.05) is 5.56 Å². The predicted octanol–water partition coefficient (Wildman–Crippen LogP) is 14.0. The van der Waals surface area contributed by atoms with Crippen LogP contribution in [0.4, 0.5) is 105 Å². The molecular formula is C47H31BF24N2. The topological polar surface area (TPSA) is 16.8 Å². The zero-order valence-electron chi connectivity index (χ0n) is 36.9. The van der Waals surface area contributed by atoms with Gasteiger partial charge in [0.1, 0.15) is 11.8 Å². The highest BCUT2D eigenvalue weighted by molar-refractivity contribution is 7.20. The van der Waals surface area contributed by atoms with Crippen LogP contribution in [-0.2, 0) is 62.4 Å². The monoisotopic (exact) mass is 1090 g/mol. The van der Waals surface area contributed by atoms with Gasteiger partial charge in [0.15, 0.2) is 18.9 Å². The lowest BCUT2D eigenvalue weighted by Crippen LogP contribution is -2.75. The molecule has 0 radical (unpaired) electrons. The van der Waals surface area contributed by atoms with Crippen molar-refractivity contribution in [2.45, 2.75) is 82.1 Å². The molecule has 27 heteroatoms. The maximum absolute atomic E-state index is 14.2. The van der Waals surface area contributed by atoms with Crippen molar-refractivity contribution in [2.24, 2.45) is 0 Å². The second-order valence-corrected chi connectivity index (χ2v) is 16.5. The van der Waals surface area contributed by atoms with Crippen LogP contribution in [0.15, 0.2) is 122 Å². The van der Waals surface area contributed by atoms with E-state index in [1.54, 1.807) is 0 Å². The van der Waals surface area contributed by atoms with E-state index in [4.69, 9.17) is 0 Å². The summed E-state index contributed by atoms with van der Waals surface area (Å²) in [6.45, 7) is 3.13. The van der Waals surface area contributed by atoms with Crippen LogP contribution in [0, 0.1) is 0 Å². The number of nitrogens with zero attached hydrogens (tertiary/aromatic N) is 2. The Kier molecular flexibility index (Phi) is 16.4. The predicted molar refractivity (Wildman–Crippen MR) is 219 cm³/mol. The van der Waals surface area contributed by atoms with E-state index in [1.807, 2.05) is 18.5 Å². The minimum absolute atomic E-state index is 0.691. The second-order valence-electron chi connectivity index (χ2n) is 16.5. The van der Waals surface area contributed by atoms with E-state index < -0.39 is 195 Å². The molecule has 6 rings (SSSR count). The molecule has 0 fully saturated rings. The normalized spacial score (nSPS) is 13.4. The first-order valence-electron chi connectivity index (χ1n) is 20.9. The van der Waals surface area contributed by atoms with Crippen LogP contribution in [-0.4, -0.2) is 11.1 Å². The molecule has 0 aliphatic heterocycles. The molecule has 5 aromatic carbocycles. The summed E-state index contributed by atoms with van der Waals surface area (Å²) in [5, 5.41) is 0. The summed E-state index contributed by atoms with van der Waals surface area (Å²) in [6, 6.07) is 1.70. The van der Waals surface area contributed by atoms with Crippen molar-refractivity contribution in [1.82, 2.24) is 4.98 Å². The molecule has 0 aliphatic rings. The van der Waals surface area contributed by atoms with Crippen molar-refractivity contribution >= 4 is 28.0 Å². The van der Waals surface area contributed by atoms with E-state index in [2.05, 4.69) is 46.9 Å². The highest BCUT2D eigenvalue weighted by atomic mass is 19.4. The summed E-state index contributed by atoms with van der Waals surface area (Å²) in [6.07, 6.45) is -45.2. The number of benzene rings is 5. The Hall–Kier alpha value is -6.44. The van der Waals surface area contributed by atoms with Crippen LogP contribution >= 0.6 is 0 Å². The van der Waals surface area contributed by atoms with E-state index >= 15 is 0 Å². The Bertz CT molecular complexity index is 2470. The molecule has 1 aromatic heterocycles. The molecule has 74 heavy (non-hydrogen) atoms. The average Bonchev–Trinajstić information content (AvgIpc) is 3.26. The Morgan fingerprint density at radius 2 is 0.662 bits per heavy atom. The fourth-order valence-corrected chi connectivity index (χ4v) is 7.93. The zero-order chi connectivity index (χ0) is 55.8. The Labute approximate surface area is 402 Å². The molecule has 0 bridgehead atoms. The van der Waals surface area contributed by atoms with E-state index in [0.29, 0.717) is 0 Å². The van der Waals surface area contributed by atoms with Crippen LogP contribution in [0.3, 0.4) is 0 Å². The quantitative estimate of drug-likeness (QED) is 0.0801. The molecule has 1 heterocycles. The van der Waals surface area contributed by atoms with Gasteiger partial charge in [-0.05, 0) is 37.1 Å². The van der Waals surface area contributed by atoms with Crippen LogP contribution < -0.4 is 26.4 Å². The van der Waals surface area contributed by atoms with Crippen LogP contribution in [0.25, 0.3) is 0 Å². The number of aryl methyl sites for hydroxylation is 1. The average molecular weight is 1090 g/mol. The van der Waals surface area contributed by atoms with Crippen molar-refractivity contribution in [3.8, 4) is 0 Å². The highest BCUT2D eigenvalue weighted by Gasteiger charge is 2.47. The Morgan fingerprint density at radius 3 is 0.905 bits per heavy atom. The third-order valence-electron chi connectivity index (χ3n) is 11.2. The van der Waals surface area contributed by atoms with E-state index in [9.17, 15) is 105 Å². The van der Waals surface area contributed by atoms with Crippen LogP contribution in [0.2, 0.25) is 0 Å². The van der Waals surface area contributed by atoms with Crippen molar-refractivity contribution < 1.29 is 110 Å². The van der Waals surface area contributed by atoms with Gasteiger partial charge in [-0.2, -0.15) is 132 Å². The number of alkyl halides is 24. The van der Waals surface area contributed by atoms with E-state index in [0.717, 1.165) is 13.0 Å². The first-order valence-corrected chi connectivity index (χ1v) is 20.9. The number of aromatic nitrogens is 2. The van der Waals surface area contributed by atoms with Crippen molar-refractivity contribution in [1.29, 1.82) is 0 Å². The van der Waals surface area contributed by atoms with Crippen molar-refractivity contribution in [3.63, 3.8) is 0 Å². The Balaban J connectivity index is 0.000000500. The molecule has 0 spiro atoms. The van der Waals surface area contributed by atoms with Crippen molar-refractivity contribution in [2.75, 3.05) is 0 Å². The smallest absolute Gasteiger partial charge is 0.249 e. The molecule has 0 saturated heterocycles. The lowest BCUT2D eigenvalue weighted by Gasteiger charge is -2.46. The molecule has 0 unspecified atom stereocenters. The minimum atomic E-state index is -6.13. The van der Waals surface area contributed by atoms with Gasteiger partial charge in [-0.25, -0.2) is 4.98 Å². The lowest BCUT2D eigenvalue weighted by atomic mass is 9.12. The van der Waals surface area contributed by atoms with Gasteiger partial charge in [0.2, 0.25) is 0 Å². The van der Waals surface area contributed by atoms with Crippen LogP contribution in [0.5, 0.6) is 0 Å². The van der Waals surface area contributed by atoms with E-state index in [-0.39, 0.29) is 0 Å². The first kappa shape index (κ1) is 58.5. The van der Waals surface area contributed by atoms with Gasteiger partial charge in [-0.1, -0.05) is 92.2 Å². The van der Waals surface area contributed by atoms with Gasteiger partial charge in [0.05, 0.1) is 50.7 Å². The summed E-state index contributed by atoms with van der Waals surface area (Å²) in [7, 11) is 0. The molecule has 6 aromatic rings. The second kappa shape index (κ2) is 20.7. The zero-order valence-corrected chi connectivity index (χ0v) is 36.9. The maximum atomic E-state index is 14.2. The molecule has 0 atom stereocenters. The SMILES string of the molecule is CCCCc1c[n+](Cc2ccccc2)ccn1.FC(F)(F)c1cc([B-](c2cc(C(F)(F)F)cc(C(F)(F)F)c2)(c2cc(C(F)(F)F)cc(C(F)(F)F)c2)c2cc(C(F)(F)F)cc(C(F)(F)F)c2)cc(C(F)(F)F)c1. The minimum Gasteiger partial charge on any atom is -0.249 e. The first-order chi connectivity index (χ1) is 33.6. The summed E-state index contributed by atoms with van der Waals surface area (Å²) in [5.41, 5.74) is -27.7. The highest BCUT2D eigenvalue weighted by Crippen LogP contribution is 2.41. The standard InChI is InChI=1S/C32H12BF24.C15H19N2/c34-25(35,36)13-1-14(26(37,38)39)6-21(5-13)33(22-7-15(27(40,41)42)2-16(8-22)28(43,44)45,23-9-17(29(46,47)48)3-18(10-23)30(49,50)51)24-11-19(31(52,53)54)4-20(12-24)32(55,56)57;1-2-3-9-15-13-17(11-10-16-15)12-14-7-5-4-6-8-14/h1-12H;4-8,10-11,13H,2-3,9,12H2,1H3/q-1;+1. The Morgan fingerprint density at radius 1 is 0.392 bits per heavy atom. The third kappa shape index (κ3) is 14.0. The van der Waals surface area contributed by atoms with Gasteiger partial charge >= 0.3 is 49.4 Å². The molecule has 2 nitrogen and oxygen atoms in total. The molecular weight excluding hydrogens is 1060 g/mol. The summed E-state index contributed by atoms with van der Waals surface area (Å²) < 4.78 is 343. The maximum Gasteiger partial charge on any atom is 0.416 e. The summed E-state index contributed by atoms with van der Waals surface area (Å²) in [5.74, 6) is 0.